The van der Waals surface area contributed by atoms with Crippen molar-refractivity contribution in [2.75, 3.05) is 0 Å². The van der Waals surface area contributed by atoms with Crippen LogP contribution < -0.4 is 0 Å². The van der Waals surface area contributed by atoms with E-state index in [1.165, 1.54) is 11.1 Å². The highest BCUT2D eigenvalue weighted by Crippen LogP contribution is 2.70. The highest BCUT2D eigenvalue weighted by Gasteiger charge is 2.77. The summed E-state index contributed by atoms with van der Waals surface area (Å²) in [6, 6.07) is 0. The van der Waals surface area contributed by atoms with Crippen molar-refractivity contribution >= 4 is 11.6 Å². The Morgan fingerprint density at radius 1 is 1.30 bits per heavy atom. The molecule has 1 aromatic rings. The van der Waals surface area contributed by atoms with Crippen molar-refractivity contribution in [1.29, 1.82) is 0 Å². The van der Waals surface area contributed by atoms with Crippen molar-refractivity contribution in [3.8, 4) is 0 Å². The fourth-order valence-corrected chi connectivity index (χ4v) is 6.93. The number of aliphatic hydroxyl groups is 2. The number of furan rings is 1. The molecule has 0 amide bonds. The predicted octanol–water partition coefficient (Wildman–Crippen LogP) is 4.08. The minimum Gasteiger partial charge on any atom is -0.466 e. The molecule has 1 spiro atoms. The van der Waals surface area contributed by atoms with Gasteiger partial charge in [-0.3, -0.25) is 0 Å². The van der Waals surface area contributed by atoms with Crippen LogP contribution in [-0.2, 0) is 22.5 Å². The number of fused-ring (bicyclic) bond motifs is 4. The normalized spacial score (nSPS) is 44.3. The average Bonchev–Trinajstić information content (AvgIpc) is 3.26. The van der Waals surface area contributed by atoms with Gasteiger partial charge in [0.15, 0.2) is 0 Å². The standard InChI is InChI=1S/C24H33ClO5/c1-12(2)23(27)19(25)9-18-22(5)7-6-14-15(10-29-17(14)11-28-13(3)4)16(22)8-20-24(18,30-20)21(23)26/h9-10,12-13,16,19-21,26-27H,6-8,11H2,1-5H3. The van der Waals surface area contributed by atoms with Crippen molar-refractivity contribution < 1.29 is 24.1 Å². The van der Waals surface area contributed by atoms with Crippen LogP contribution in [0.5, 0.6) is 0 Å². The summed E-state index contributed by atoms with van der Waals surface area (Å²) in [5.74, 6) is 0.982. The Kier molecular flexibility index (Phi) is 4.61. The number of halogens is 1. The zero-order chi connectivity index (χ0) is 21.6. The maximum atomic E-state index is 11.4. The first kappa shape index (κ1) is 21.0. The zero-order valence-corrected chi connectivity index (χ0v) is 19.2. The summed E-state index contributed by atoms with van der Waals surface area (Å²) in [4.78, 5) is 0. The van der Waals surface area contributed by atoms with Gasteiger partial charge in [-0.1, -0.05) is 26.8 Å². The van der Waals surface area contributed by atoms with Crippen molar-refractivity contribution in [3.63, 3.8) is 0 Å². The predicted molar refractivity (Wildman–Crippen MR) is 114 cm³/mol. The zero-order valence-electron chi connectivity index (χ0n) is 18.4. The highest BCUT2D eigenvalue weighted by molar-refractivity contribution is 6.23. The molecule has 4 aliphatic rings. The van der Waals surface area contributed by atoms with Crippen LogP contribution in [0.1, 0.15) is 70.3 Å². The molecule has 7 atom stereocenters. The molecule has 2 fully saturated rings. The molecule has 30 heavy (non-hydrogen) atoms. The Balaban J connectivity index is 1.54. The van der Waals surface area contributed by atoms with Gasteiger partial charge in [0.05, 0.1) is 23.8 Å². The lowest BCUT2D eigenvalue weighted by molar-refractivity contribution is -0.134. The molecule has 0 radical (unpaired) electrons. The molecule has 1 aliphatic heterocycles. The monoisotopic (exact) mass is 436 g/mol. The molecule has 0 aromatic carbocycles. The number of alkyl halides is 1. The molecule has 166 valence electrons. The fourth-order valence-electron chi connectivity index (χ4n) is 6.43. The molecule has 1 saturated heterocycles. The molecule has 5 rings (SSSR count). The summed E-state index contributed by atoms with van der Waals surface area (Å²) in [5, 5.41) is 22.0. The largest absolute Gasteiger partial charge is 0.466 e. The maximum Gasteiger partial charge on any atom is 0.145 e. The SMILES string of the molecule is CC(C)OCc1occ2c1CCC1(C)C3=CC(Cl)C(O)(C(C)C)C(O)C34OC4CC21. The molecule has 3 aliphatic carbocycles. The molecule has 2 N–H and O–H groups in total. The van der Waals surface area contributed by atoms with Crippen LogP contribution in [-0.4, -0.2) is 45.1 Å². The number of aliphatic hydroxyl groups excluding tert-OH is 1. The van der Waals surface area contributed by atoms with Crippen LogP contribution in [0.4, 0.5) is 0 Å². The van der Waals surface area contributed by atoms with Gasteiger partial charge in [-0.15, -0.1) is 11.6 Å². The van der Waals surface area contributed by atoms with Gasteiger partial charge in [-0.05, 0) is 67.1 Å². The first-order valence-electron chi connectivity index (χ1n) is 11.2. The van der Waals surface area contributed by atoms with Gasteiger partial charge in [0.1, 0.15) is 29.7 Å². The van der Waals surface area contributed by atoms with Crippen LogP contribution in [0, 0.1) is 11.3 Å². The molecule has 2 heterocycles. The summed E-state index contributed by atoms with van der Waals surface area (Å²) in [6.45, 7) is 10.6. The maximum absolute atomic E-state index is 11.4. The van der Waals surface area contributed by atoms with Gasteiger partial charge in [0, 0.05) is 0 Å². The van der Waals surface area contributed by atoms with Gasteiger partial charge in [-0.25, -0.2) is 0 Å². The second-order valence-corrected chi connectivity index (χ2v) is 11.0. The topological polar surface area (TPSA) is 75.4 Å². The van der Waals surface area contributed by atoms with Crippen LogP contribution >= 0.6 is 11.6 Å². The van der Waals surface area contributed by atoms with Crippen LogP contribution in [0.25, 0.3) is 0 Å². The van der Waals surface area contributed by atoms with E-state index in [0.717, 1.165) is 30.6 Å². The van der Waals surface area contributed by atoms with Gasteiger partial charge >= 0.3 is 0 Å². The van der Waals surface area contributed by atoms with E-state index in [1.807, 2.05) is 40.0 Å². The van der Waals surface area contributed by atoms with E-state index in [1.54, 1.807) is 0 Å². The van der Waals surface area contributed by atoms with E-state index in [0.29, 0.717) is 6.61 Å². The van der Waals surface area contributed by atoms with Crippen LogP contribution in [0.15, 0.2) is 22.3 Å². The first-order valence-corrected chi connectivity index (χ1v) is 11.7. The smallest absolute Gasteiger partial charge is 0.145 e. The number of epoxide rings is 1. The molecule has 1 aromatic heterocycles. The van der Waals surface area contributed by atoms with Crippen LogP contribution in [0.2, 0.25) is 0 Å². The Hall–Kier alpha value is -0.850. The molecular formula is C24H33ClO5. The minimum absolute atomic E-state index is 0.109. The third-order valence-electron chi connectivity index (χ3n) is 8.37. The summed E-state index contributed by atoms with van der Waals surface area (Å²) in [7, 11) is 0. The fraction of sp³-hybridized carbons (Fsp3) is 0.750. The minimum atomic E-state index is -1.40. The average molecular weight is 437 g/mol. The van der Waals surface area contributed by atoms with Crippen molar-refractivity contribution in [2.45, 2.75) is 101 Å². The molecule has 5 nitrogen and oxygen atoms in total. The summed E-state index contributed by atoms with van der Waals surface area (Å²) in [6.07, 6.45) is 5.54. The lowest BCUT2D eigenvalue weighted by Crippen LogP contribution is -2.65. The van der Waals surface area contributed by atoms with E-state index in [-0.39, 0.29) is 29.5 Å². The van der Waals surface area contributed by atoms with Gasteiger partial charge in [0.2, 0.25) is 0 Å². The highest BCUT2D eigenvalue weighted by atomic mass is 35.5. The summed E-state index contributed by atoms with van der Waals surface area (Å²) < 4.78 is 18.0. The Bertz CT molecular complexity index is 890. The third kappa shape index (κ3) is 2.50. The first-order chi connectivity index (χ1) is 14.1. The van der Waals surface area contributed by atoms with Crippen molar-refractivity contribution in [1.82, 2.24) is 0 Å². The van der Waals surface area contributed by atoms with E-state index in [2.05, 4.69) is 6.92 Å². The summed E-state index contributed by atoms with van der Waals surface area (Å²) >= 11 is 6.71. The quantitative estimate of drug-likeness (QED) is 0.422. The van der Waals surface area contributed by atoms with Crippen molar-refractivity contribution in [2.24, 2.45) is 11.3 Å². The van der Waals surface area contributed by atoms with E-state index >= 15 is 0 Å². The molecule has 7 unspecified atom stereocenters. The van der Waals surface area contributed by atoms with Crippen molar-refractivity contribution in [3.05, 3.63) is 34.8 Å². The second-order valence-electron chi connectivity index (χ2n) is 10.5. The number of ether oxygens (including phenoxy) is 2. The van der Waals surface area contributed by atoms with E-state index in [9.17, 15) is 10.2 Å². The Morgan fingerprint density at radius 3 is 2.70 bits per heavy atom. The van der Waals surface area contributed by atoms with Gasteiger partial charge < -0.3 is 24.1 Å². The number of rotatable bonds is 4. The van der Waals surface area contributed by atoms with Gasteiger partial charge in [-0.2, -0.15) is 0 Å². The Morgan fingerprint density at radius 2 is 2.03 bits per heavy atom. The molecule has 1 saturated carbocycles. The Labute approximate surface area is 183 Å². The molecular weight excluding hydrogens is 404 g/mol. The number of hydrogen-bond donors (Lipinski definition) is 2. The van der Waals surface area contributed by atoms with E-state index < -0.39 is 22.7 Å². The summed E-state index contributed by atoms with van der Waals surface area (Å²) in [5.41, 5.74) is 1.18. The molecule has 6 heteroatoms. The lowest BCUT2D eigenvalue weighted by Gasteiger charge is -2.54. The lowest BCUT2D eigenvalue weighted by atomic mass is 9.50. The molecule has 0 bridgehead atoms. The third-order valence-corrected chi connectivity index (χ3v) is 8.84. The second kappa shape index (κ2) is 6.58. The van der Waals surface area contributed by atoms with E-state index in [4.69, 9.17) is 25.5 Å². The number of hydrogen-bond acceptors (Lipinski definition) is 5. The van der Waals surface area contributed by atoms with Crippen LogP contribution in [0.3, 0.4) is 0 Å². The van der Waals surface area contributed by atoms with Gasteiger partial charge in [0.25, 0.3) is 0 Å².